The van der Waals surface area contributed by atoms with Crippen LogP contribution in [0.15, 0.2) is 18.2 Å². The maximum atomic E-state index is 2.61. The Morgan fingerprint density at radius 1 is 0.296 bits per heavy atom. The Balaban J connectivity index is 2.72. The molecule has 0 heterocycles. The highest BCUT2D eigenvalue weighted by Gasteiger charge is 2.18. The van der Waals surface area contributed by atoms with E-state index in [1.165, 1.54) is 276 Å². The van der Waals surface area contributed by atoms with Gasteiger partial charge in [-0.15, -0.1) is 0 Å². The fourth-order valence-corrected chi connectivity index (χ4v) is 9.20. The topological polar surface area (TPSA) is 0 Å². The predicted molar refractivity (Wildman–Crippen MR) is 249 cm³/mol. The zero-order valence-corrected chi connectivity index (χ0v) is 38.2. The number of aryl methyl sites for hydroxylation is 1. The SMILES string of the molecule is CCCCCCCCCCCCCCCCC(CCCCCCC)c1cccc(CCCCCCCCCCCC)c1CCCCCCCCCCCC. The van der Waals surface area contributed by atoms with E-state index in [-0.39, 0.29) is 0 Å². The Labute approximate surface area is 343 Å². The third kappa shape index (κ3) is 31.3. The third-order valence-corrected chi connectivity index (χ3v) is 12.9. The van der Waals surface area contributed by atoms with Gasteiger partial charge in [0.05, 0.1) is 0 Å². The van der Waals surface area contributed by atoms with Crippen LogP contribution >= 0.6 is 0 Å². The molecule has 0 spiro atoms. The maximum Gasteiger partial charge on any atom is -0.0159 e. The van der Waals surface area contributed by atoms with Crippen molar-refractivity contribution in [3.05, 3.63) is 34.9 Å². The average Bonchev–Trinajstić information content (AvgIpc) is 3.18. The monoisotopic (exact) mass is 751 g/mol. The summed E-state index contributed by atoms with van der Waals surface area (Å²) in [5, 5.41) is 0. The summed E-state index contributed by atoms with van der Waals surface area (Å²) in [5.74, 6) is 0.787. The van der Waals surface area contributed by atoms with Gasteiger partial charge in [-0.3, -0.25) is 0 Å². The van der Waals surface area contributed by atoms with Crippen LogP contribution in [0.5, 0.6) is 0 Å². The highest BCUT2D eigenvalue weighted by Crippen LogP contribution is 2.34. The van der Waals surface area contributed by atoms with E-state index in [1.807, 2.05) is 5.56 Å². The van der Waals surface area contributed by atoms with E-state index < -0.39 is 0 Å². The number of rotatable bonds is 44. The number of hydrogen-bond acceptors (Lipinski definition) is 0. The second-order valence-corrected chi connectivity index (χ2v) is 18.1. The van der Waals surface area contributed by atoms with Crippen molar-refractivity contribution in [1.29, 1.82) is 0 Å². The van der Waals surface area contributed by atoms with Gasteiger partial charge in [-0.2, -0.15) is 0 Å². The van der Waals surface area contributed by atoms with Gasteiger partial charge in [0.1, 0.15) is 0 Å². The van der Waals surface area contributed by atoms with E-state index in [4.69, 9.17) is 0 Å². The highest BCUT2D eigenvalue weighted by molar-refractivity contribution is 5.38. The summed E-state index contributed by atoms with van der Waals surface area (Å²) >= 11 is 0. The van der Waals surface area contributed by atoms with Gasteiger partial charge in [0.15, 0.2) is 0 Å². The van der Waals surface area contributed by atoms with Crippen LogP contribution in [0.2, 0.25) is 0 Å². The molecule has 0 bridgehead atoms. The molecule has 0 saturated heterocycles. The quantitative estimate of drug-likeness (QED) is 0.0583. The van der Waals surface area contributed by atoms with Gasteiger partial charge in [0.25, 0.3) is 0 Å². The first-order valence-electron chi connectivity index (χ1n) is 25.9. The molecule has 318 valence electrons. The first kappa shape index (κ1) is 51.2. The minimum absolute atomic E-state index is 0.787. The summed E-state index contributed by atoms with van der Waals surface area (Å²) in [6, 6.07) is 7.63. The zero-order chi connectivity index (χ0) is 38.8. The predicted octanol–water partition coefficient (Wildman–Crippen LogP) is 19.9. The highest BCUT2D eigenvalue weighted by atomic mass is 14.2. The van der Waals surface area contributed by atoms with Crippen LogP contribution in [-0.2, 0) is 12.8 Å². The fraction of sp³-hybridized carbons (Fsp3) is 0.889. The number of unbranched alkanes of at least 4 members (excludes halogenated alkanes) is 35. The summed E-state index contributed by atoms with van der Waals surface area (Å²) in [7, 11) is 0. The van der Waals surface area contributed by atoms with Gasteiger partial charge >= 0.3 is 0 Å². The Hall–Kier alpha value is -0.780. The summed E-state index contributed by atoms with van der Waals surface area (Å²) in [6.07, 6.45) is 61.7. The molecule has 1 unspecified atom stereocenters. The lowest BCUT2D eigenvalue weighted by atomic mass is 9.81. The number of hydrogen-bond donors (Lipinski definition) is 0. The molecular weight excluding hydrogens is 649 g/mol. The fourth-order valence-electron chi connectivity index (χ4n) is 9.20. The maximum absolute atomic E-state index is 2.61. The van der Waals surface area contributed by atoms with Crippen molar-refractivity contribution in [2.75, 3.05) is 0 Å². The summed E-state index contributed by atoms with van der Waals surface area (Å²) in [4.78, 5) is 0. The molecule has 1 aromatic rings. The van der Waals surface area contributed by atoms with Crippen LogP contribution in [0.3, 0.4) is 0 Å². The Morgan fingerprint density at radius 3 is 0.907 bits per heavy atom. The standard InChI is InChI=1S/C54H102/c1-5-9-13-17-20-23-26-27-28-29-31-34-37-41-46-51(45-40-36-16-12-8-4)54-50-44-48-52(47-42-38-33-30-24-21-18-14-10-6-2)53(54)49-43-39-35-32-25-22-19-15-11-7-3/h44,48,50-51H,5-43,45-47,49H2,1-4H3. The molecule has 1 atom stereocenters. The van der Waals surface area contributed by atoms with E-state index in [9.17, 15) is 0 Å². The van der Waals surface area contributed by atoms with Crippen LogP contribution < -0.4 is 0 Å². The van der Waals surface area contributed by atoms with Gasteiger partial charge in [-0.1, -0.05) is 283 Å². The lowest BCUT2D eigenvalue weighted by Crippen LogP contribution is -2.08. The summed E-state index contributed by atoms with van der Waals surface area (Å²) in [6.45, 7) is 9.34. The molecular formula is C54H102. The molecule has 0 amide bonds. The average molecular weight is 751 g/mol. The van der Waals surface area contributed by atoms with E-state index in [1.54, 1.807) is 11.1 Å². The lowest BCUT2D eigenvalue weighted by molar-refractivity contribution is 0.481. The Bertz CT molecular complexity index is 852. The van der Waals surface area contributed by atoms with Crippen molar-refractivity contribution < 1.29 is 0 Å². The molecule has 1 aromatic carbocycles. The van der Waals surface area contributed by atoms with Gasteiger partial charge in [0, 0.05) is 0 Å². The summed E-state index contributed by atoms with van der Waals surface area (Å²) < 4.78 is 0. The lowest BCUT2D eigenvalue weighted by Gasteiger charge is -2.24. The first-order chi connectivity index (χ1) is 26.8. The van der Waals surface area contributed by atoms with Crippen LogP contribution in [0, 0.1) is 0 Å². The Morgan fingerprint density at radius 2 is 0.574 bits per heavy atom. The minimum Gasteiger partial charge on any atom is -0.0654 e. The van der Waals surface area contributed by atoms with Crippen LogP contribution in [0.25, 0.3) is 0 Å². The van der Waals surface area contributed by atoms with Gasteiger partial charge in [-0.25, -0.2) is 0 Å². The first-order valence-corrected chi connectivity index (χ1v) is 25.9. The van der Waals surface area contributed by atoms with Gasteiger partial charge in [-0.05, 0) is 61.1 Å². The second kappa shape index (κ2) is 41.8. The molecule has 0 aromatic heterocycles. The summed E-state index contributed by atoms with van der Waals surface area (Å²) in [5.41, 5.74) is 5.34. The van der Waals surface area contributed by atoms with Crippen molar-refractivity contribution >= 4 is 0 Å². The molecule has 0 aliphatic carbocycles. The van der Waals surface area contributed by atoms with Crippen molar-refractivity contribution in [2.24, 2.45) is 0 Å². The normalized spacial score (nSPS) is 12.2. The van der Waals surface area contributed by atoms with Crippen LogP contribution in [-0.4, -0.2) is 0 Å². The van der Waals surface area contributed by atoms with Gasteiger partial charge in [0.2, 0.25) is 0 Å². The van der Waals surface area contributed by atoms with E-state index in [2.05, 4.69) is 45.9 Å². The second-order valence-electron chi connectivity index (χ2n) is 18.1. The van der Waals surface area contributed by atoms with Gasteiger partial charge < -0.3 is 0 Å². The van der Waals surface area contributed by atoms with E-state index in [0.29, 0.717) is 0 Å². The van der Waals surface area contributed by atoms with E-state index >= 15 is 0 Å². The molecule has 0 saturated carbocycles. The molecule has 0 aliphatic heterocycles. The molecule has 0 N–H and O–H groups in total. The third-order valence-electron chi connectivity index (χ3n) is 12.9. The molecule has 0 nitrogen and oxygen atoms in total. The van der Waals surface area contributed by atoms with Crippen molar-refractivity contribution in [2.45, 2.75) is 310 Å². The van der Waals surface area contributed by atoms with Crippen molar-refractivity contribution in [3.63, 3.8) is 0 Å². The van der Waals surface area contributed by atoms with Crippen molar-refractivity contribution in [3.8, 4) is 0 Å². The zero-order valence-electron chi connectivity index (χ0n) is 38.2. The molecule has 1 rings (SSSR count). The van der Waals surface area contributed by atoms with Crippen LogP contribution in [0.1, 0.15) is 314 Å². The molecule has 0 fully saturated rings. The smallest absolute Gasteiger partial charge is 0.0159 e. The largest absolute Gasteiger partial charge is 0.0654 e. The molecule has 0 aliphatic rings. The van der Waals surface area contributed by atoms with E-state index in [0.717, 1.165) is 5.92 Å². The van der Waals surface area contributed by atoms with Crippen LogP contribution in [0.4, 0.5) is 0 Å². The van der Waals surface area contributed by atoms with Crippen molar-refractivity contribution in [1.82, 2.24) is 0 Å². The molecule has 0 radical (unpaired) electrons. The Kier molecular flexibility index (Phi) is 39.7. The number of benzene rings is 1. The molecule has 0 heteroatoms. The molecule has 54 heavy (non-hydrogen) atoms. The minimum atomic E-state index is 0.787.